The lowest BCUT2D eigenvalue weighted by atomic mass is 9.65. The van der Waals surface area contributed by atoms with E-state index in [0.29, 0.717) is 0 Å². The molecule has 3 atom stereocenters. The van der Waals surface area contributed by atoms with Crippen molar-refractivity contribution in [1.82, 2.24) is 0 Å². The van der Waals surface area contributed by atoms with E-state index in [1.165, 1.54) is 69.0 Å². The van der Waals surface area contributed by atoms with Gasteiger partial charge in [-0.3, -0.25) is 0 Å². The Morgan fingerprint density at radius 3 is 2.52 bits per heavy atom. The highest BCUT2D eigenvalue weighted by molar-refractivity contribution is 5.58. The molecule has 4 rings (SSSR count). The van der Waals surface area contributed by atoms with Crippen LogP contribution in [0.3, 0.4) is 0 Å². The largest absolute Gasteiger partial charge is 0.382 e. The SMILES string of the molecule is Cc1ccc2c(c1)C1CCCCC1C(C1CCCCC1)N2. The predicted molar refractivity (Wildman–Crippen MR) is 89.9 cm³/mol. The van der Waals surface area contributed by atoms with E-state index in [1.807, 2.05) is 0 Å². The first-order chi connectivity index (χ1) is 10.3. The van der Waals surface area contributed by atoms with Gasteiger partial charge in [-0.25, -0.2) is 0 Å². The number of aryl methyl sites for hydroxylation is 1. The summed E-state index contributed by atoms with van der Waals surface area (Å²) in [6.07, 6.45) is 13.1. The minimum atomic E-state index is 0.755. The first-order valence-corrected chi connectivity index (χ1v) is 9.20. The van der Waals surface area contributed by atoms with Gasteiger partial charge >= 0.3 is 0 Å². The third-order valence-electron chi connectivity index (χ3n) is 6.37. The van der Waals surface area contributed by atoms with Gasteiger partial charge in [0.1, 0.15) is 0 Å². The monoisotopic (exact) mass is 283 g/mol. The molecule has 3 unspecified atom stereocenters. The minimum absolute atomic E-state index is 0.755. The maximum atomic E-state index is 3.99. The second-order valence-corrected chi connectivity index (χ2v) is 7.71. The number of hydrogen-bond donors (Lipinski definition) is 1. The van der Waals surface area contributed by atoms with Crippen molar-refractivity contribution in [1.29, 1.82) is 0 Å². The van der Waals surface area contributed by atoms with Crippen LogP contribution in [0.2, 0.25) is 0 Å². The molecule has 1 heterocycles. The molecule has 1 heteroatoms. The molecular weight excluding hydrogens is 254 g/mol. The van der Waals surface area contributed by atoms with Crippen molar-refractivity contribution < 1.29 is 0 Å². The summed E-state index contributed by atoms with van der Waals surface area (Å²) in [6.45, 7) is 2.24. The molecule has 1 aromatic carbocycles. The van der Waals surface area contributed by atoms with Crippen molar-refractivity contribution >= 4 is 5.69 Å². The van der Waals surface area contributed by atoms with Crippen LogP contribution in [0.1, 0.15) is 74.8 Å². The molecule has 3 aliphatic rings. The van der Waals surface area contributed by atoms with Crippen LogP contribution in [-0.4, -0.2) is 6.04 Å². The zero-order valence-electron chi connectivity index (χ0n) is 13.4. The Kier molecular flexibility index (Phi) is 3.69. The van der Waals surface area contributed by atoms with Crippen molar-refractivity contribution in [2.75, 3.05) is 5.32 Å². The lowest BCUT2D eigenvalue weighted by molar-refractivity contribution is 0.188. The number of rotatable bonds is 1. The van der Waals surface area contributed by atoms with Crippen LogP contribution < -0.4 is 5.32 Å². The Morgan fingerprint density at radius 1 is 0.905 bits per heavy atom. The van der Waals surface area contributed by atoms with Gasteiger partial charge in [-0.05, 0) is 62.0 Å². The number of benzene rings is 1. The van der Waals surface area contributed by atoms with Crippen molar-refractivity contribution in [3.8, 4) is 0 Å². The fourth-order valence-corrected chi connectivity index (χ4v) is 5.34. The quantitative estimate of drug-likeness (QED) is 0.703. The summed E-state index contributed by atoms with van der Waals surface area (Å²) in [4.78, 5) is 0. The van der Waals surface area contributed by atoms with Crippen LogP contribution in [0.15, 0.2) is 18.2 Å². The lowest BCUT2D eigenvalue weighted by Crippen LogP contribution is -2.44. The fraction of sp³-hybridized carbons (Fsp3) is 0.700. The highest BCUT2D eigenvalue weighted by Crippen LogP contribution is 2.49. The highest BCUT2D eigenvalue weighted by atomic mass is 15.0. The van der Waals surface area contributed by atoms with Crippen molar-refractivity contribution in [2.24, 2.45) is 11.8 Å². The predicted octanol–water partition coefficient (Wildman–Crippen LogP) is 5.64. The van der Waals surface area contributed by atoms with Crippen LogP contribution in [0.5, 0.6) is 0 Å². The van der Waals surface area contributed by atoms with Gasteiger partial charge in [-0.15, -0.1) is 0 Å². The third kappa shape index (κ3) is 2.49. The van der Waals surface area contributed by atoms with Gasteiger partial charge in [-0.1, -0.05) is 49.8 Å². The molecule has 1 aliphatic heterocycles. The smallest absolute Gasteiger partial charge is 0.0378 e. The van der Waals surface area contributed by atoms with E-state index in [0.717, 1.165) is 23.8 Å². The Balaban J connectivity index is 1.68. The molecule has 0 spiro atoms. The Hall–Kier alpha value is -0.980. The summed E-state index contributed by atoms with van der Waals surface area (Å²) in [5.41, 5.74) is 4.52. The number of fused-ring (bicyclic) bond motifs is 3. The number of anilines is 1. The zero-order chi connectivity index (χ0) is 14.2. The van der Waals surface area contributed by atoms with E-state index in [2.05, 4.69) is 30.4 Å². The Labute approximate surface area is 129 Å². The van der Waals surface area contributed by atoms with Crippen LogP contribution in [0, 0.1) is 18.8 Å². The summed E-state index contributed by atoms with van der Waals surface area (Å²) in [6, 6.07) is 7.85. The molecule has 114 valence electrons. The topological polar surface area (TPSA) is 12.0 Å². The minimum Gasteiger partial charge on any atom is -0.382 e. The normalized spacial score (nSPS) is 32.9. The zero-order valence-corrected chi connectivity index (χ0v) is 13.4. The van der Waals surface area contributed by atoms with Crippen LogP contribution in [-0.2, 0) is 0 Å². The van der Waals surface area contributed by atoms with Gasteiger partial charge in [0.25, 0.3) is 0 Å². The molecule has 0 bridgehead atoms. The van der Waals surface area contributed by atoms with Gasteiger partial charge in [0.05, 0.1) is 0 Å². The van der Waals surface area contributed by atoms with Crippen molar-refractivity contribution in [3.63, 3.8) is 0 Å². The van der Waals surface area contributed by atoms with Crippen molar-refractivity contribution in [2.45, 2.75) is 76.7 Å². The molecule has 1 N–H and O–H groups in total. The molecule has 2 saturated carbocycles. The van der Waals surface area contributed by atoms with E-state index < -0.39 is 0 Å². The van der Waals surface area contributed by atoms with E-state index in [4.69, 9.17) is 0 Å². The molecular formula is C20H29N. The van der Waals surface area contributed by atoms with Crippen LogP contribution in [0.25, 0.3) is 0 Å². The average molecular weight is 283 g/mol. The molecule has 0 radical (unpaired) electrons. The lowest BCUT2D eigenvalue weighted by Gasteiger charge is -2.47. The summed E-state index contributed by atoms with van der Waals surface area (Å²) >= 11 is 0. The van der Waals surface area contributed by atoms with Crippen LogP contribution >= 0.6 is 0 Å². The molecule has 2 fully saturated rings. The second-order valence-electron chi connectivity index (χ2n) is 7.71. The molecule has 21 heavy (non-hydrogen) atoms. The molecule has 1 aromatic rings. The number of nitrogens with one attached hydrogen (secondary N) is 1. The first-order valence-electron chi connectivity index (χ1n) is 9.20. The van der Waals surface area contributed by atoms with Gasteiger partial charge in [0.2, 0.25) is 0 Å². The average Bonchev–Trinajstić information content (AvgIpc) is 2.55. The standard InChI is InChI=1S/C20H29N/c1-14-11-12-19-18(13-14)16-9-5-6-10-17(16)20(21-19)15-7-3-2-4-8-15/h11-13,15-17,20-21H,2-10H2,1H3. The first kappa shape index (κ1) is 13.7. The van der Waals surface area contributed by atoms with Gasteiger partial charge in [0, 0.05) is 11.7 Å². The fourth-order valence-electron chi connectivity index (χ4n) is 5.34. The molecule has 2 aliphatic carbocycles. The second kappa shape index (κ2) is 5.66. The van der Waals surface area contributed by atoms with E-state index in [9.17, 15) is 0 Å². The van der Waals surface area contributed by atoms with Crippen molar-refractivity contribution in [3.05, 3.63) is 29.3 Å². The molecule has 1 nitrogen and oxygen atoms in total. The third-order valence-corrected chi connectivity index (χ3v) is 6.37. The van der Waals surface area contributed by atoms with Gasteiger partial charge in [-0.2, -0.15) is 0 Å². The summed E-state index contributed by atoms with van der Waals surface area (Å²) in [5, 5.41) is 3.99. The molecule has 0 aromatic heterocycles. The maximum absolute atomic E-state index is 3.99. The Morgan fingerprint density at radius 2 is 1.67 bits per heavy atom. The van der Waals surface area contributed by atoms with Gasteiger partial charge in [0.15, 0.2) is 0 Å². The van der Waals surface area contributed by atoms with Crippen LogP contribution in [0.4, 0.5) is 5.69 Å². The van der Waals surface area contributed by atoms with E-state index in [1.54, 1.807) is 5.56 Å². The highest BCUT2D eigenvalue weighted by Gasteiger charge is 2.41. The maximum Gasteiger partial charge on any atom is 0.0378 e. The number of hydrogen-bond acceptors (Lipinski definition) is 1. The van der Waals surface area contributed by atoms with Gasteiger partial charge < -0.3 is 5.32 Å². The Bertz CT molecular complexity index is 501. The van der Waals surface area contributed by atoms with E-state index >= 15 is 0 Å². The summed E-state index contributed by atoms with van der Waals surface area (Å²) < 4.78 is 0. The molecule has 0 saturated heterocycles. The van der Waals surface area contributed by atoms with E-state index in [-0.39, 0.29) is 0 Å². The summed E-state index contributed by atoms with van der Waals surface area (Å²) in [5.74, 6) is 2.66. The summed E-state index contributed by atoms with van der Waals surface area (Å²) in [7, 11) is 0. The molecule has 0 amide bonds.